The van der Waals surface area contributed by atoms with Gasteiger partial charge in [-0.15, -0.1) is 12.6 Å². The van der Waals surface area contributed by atoms with Crippen molar-refractivity contribution in [2.45, 2.75) is 18.9 Å². The first-order valence-electron chi connectivity index (χ1n) is 7.44. The van der Waals surface area contributed by atoms with Gasteiger partial charge in [0.15, 0.2) is 0 Å². The lowest BCUT2D eigenvalue weighted by Gasteiger charge is -2.30. The van der Waals surface area contributed by atoms with Crippen molar-refractivity contribution in [2.75, 3.05) is 4.90 Å². The minimum absolute atomic E-state index is 0.187. The van der Waals surface area contributed by atoms with E-state index in [2.05, 4.69) is 17.9 Å². The highest BCUT2D eigenvalue weighted by molar-refractivity contribution is 7.97. The van der Waals surface area contributed by atoms with Crippen molar-refractivity contribution in [1.82, 2.24) is 5.32 Å². The number of rotatable bonds is 2. The van der Waals surface area contributed by atoms with Crippen LogP contribution in [0.5, 0.6) is 0 Å². The molecule has 0 spiro atoms. The maximum Gasteiger partial charge on any atom is 0.259 e. The van der Waals surface area contributed by atoms with E-state index in [-0.39, 0.29) is 24.7 Å². The van der Waals surface area contributed by atoms with Gasteiger partial charge in [-0.3, -0.25) is 29.4 Å². The van der Waals surface area contributed by atoms with Gasteiger partial charge in [-0.05, 0) is 30.0 Å². The molecule has 0 aliphatic carbocycles. The maximum atomic E-state index is 12.9. The van der Waals surface area contributed by atoms with Gasteiger partial charge in [-0.2, -0.15) is 0 Å². The summed E-state index contributed by atoms with van der Waals surface area (Å²) in [7, 11) is 0. The zero-order chi connectivity index (χ0) is 17.0. The summed E-state index contributed by atoms with van der Waals surface area (Å²) < 4.78 is 0. The Balaban J connectivity index is 1.88. The highest BCUT2D eigenvalue weighted by atomic mass is 32.1. The molecule has 1 unspecified atom stereocenters. The number of carbonyl (C=O) groups excluding carboxylic acids is 4. The number of amides is 3. The van der Waals surface area contributed by atoms with Crippen molar-refractivity contribution in [3.05, 3.63) is 41.5 Å². The van der Waals surface area contributed by atoms with Gasteiger partial charge in [0, 0.05) is 17.4 Å². The van der Waals surface area contributed by atoms with Crippen LogP contribution in [-0.2, 0) is 9.59 Å². The van der Waals surface area contributed by atoms with Crippen molar-refractivity contribution in [1.29, 1.82) is 0 Å². The standard InChI is InChI=1S/C17H12N2O4S/c20-13-5-4-12(15(21)18-13)19-11-3-1-2-8-6-9(17(23)24)7-10(14(8)11)16(19)22/h1-3,6-7,12H,4-5H2,(H,23,24)(H,18,20,21). The molecule has 2 aromatic rings. The molecule has 4 rings (SSSR count). The summed E-state index contributed by atoms with van der Waals surface area (Å²) >= 11 is 3.83. The monoisotopic (exact) mass is 340 g/mol. The van der Waals surface area contributed by atoms with Gasteiger partial charge < -0.3 is 0 Å². The SMILES string of the molecule is O=C1CCC(N2C(=O)c3cc(C(=O)S)cc4cccc2c34)C(=O)N1. The number of piperidine rings is 1. The Morgan fingerprint density at radius 1 is 1.21 bits per heavy atom. The molecule has 0 bridgehead atoms. The number of thiol groups is 1. The predicted molar refractivity (Wildman–Crippen MR) is 90.2 cm³/mol. The van der Waals surface area contributed by atoms with Crippen LogP contribution in [0.2, 0.25) is 0 Å². The summed E-state index contributed by atoms with van der Waals surface area (Å²) in [5, 5.41) is 3.31. The van der Waals surface area contributed by atoms with Gasteiger partial charge in [-0.25, -0.2) is 0 Å². The first kappa shape index (κ1) is 14.9. The summed E-state index contributed by atoms with van der Waals surface area (Å²) in [4.78, 5) is 49.5. The molecule has 1 fully saturated rings. The number of carbonyl (C=O) groups is 4. The largest absolute Gasteiger partial charge is 0.295 e. The fraction of sp³-hybridized carbons (Fsp3) is 0.176. The van der Waals surface area contributed by atoms with Crippen LogP contribution >= 0.6 is 12.6 Å². The summed E-state index contributed by atoms with van der Waals surface area (Å²) in [5.74, 6) is -1.15. The molecule has 0 radical (unpaired) electrons. The van der Waals surface area contributed by atoms with Gasteiger partial charge in [0.1, 0.15) is 6.04 Å². The summed E-state index contributed by atoms with van der Waals surface area (Å²) in [6, 6.07) is 7.80. The van der Waals surface area contributed by atoms with Crippen molar-refractivity contribution >= 4 is 51.9 Å². The molecule has 0 aromatic heterocycles. The third-order valence-corrected chi connectivity index (χ3v) is 4.69. The molecule has 6 nitrogen and oxygen atoms in total. The zero-order valence-corrected chi connectivity index (χ0v) is 13.3. The van der Waals surface area contributed by atoms with E-state index < -0.39 is 17.1 Å². The van der Waals surface area contributed by atoms with E-state index in [0.717, 1.165) is 5.39 Å². The minimum Gasteiger partial charge on any atom is -0.295 e. The topological polar surface area (TPSA) is 83.6 Å². The molecular weight excluding hydrogens is 328 g/mol. The van der Waals surface area contributed by atoms with Gasteiger partial charge in [0.25, 0.3) is 5.91 Å². The van der Waals surface area contributed by atoms with Crippen LogP contribution in [0.15, 0.2) is 30.3 Å². The lowest BCUT2D eigenvalue weighted by molar-refractivity contribution is -0.134. The van der Waals surface area contributed by atoms with Gasteiger partial charge >= 0.3 is 0 Å². The Labute approximate surface area is 142 Å². The molecule has 0 saturated carbocycles. The Bertz CT molecular complexity index is 953. The van der Waals surface area contributed by atoms with Crippen molar-refractivity contribution in [3.63, 3.8) is 0 Å². The Hall–Kier alpha value is -2.67. The number of anilines is 1. The second-order valence-electron chi connectivity index (χ2n) is 5.85. The van der Waals surface area contributed by atoms with Gasteiger partial charge in [0.05, 0.1) is 11.3 Å². The molecule has 2 heterocycles. The quantitative estimate of drug-likeness (QED) is 0.643. The smallest absolute Gasteiger partial charge is 0.259 e. The average Bonchev–Trinajstić information content (AvgIpc) is 2.82. The molecule has 1 saturated heterocycles. The summed E-state index contributed by atoms with van der Waals surface area (Å²) in [6.07, 6.45) is 0.464. The van der Waals surface area contributed by atoms with Crippen LogP contribution in [0.3, 0.4) is 0 Å². The number of imide groups is 1. The average molecular weight is 340 g/mol. The molecule has 2 aliphatic rings. The molecule has 2 aromatic carbocycles. The molecule has 3 amide bonds. The van der Waals surface area contributed by atoms with Crippen LogP contribution in [0, 0.1) is 0 Å². The van der Waals surface area contributed by atoms with Crippen LogP contribution in [0.4, 0.5) is 5.69 Å². The Kier molecular flexibility index (Phi) is 3.21. The third kappa shape index (κ3) is 2.05. The molecule has 24 heavy (non-hydrogen) atoms. The predicted octanol–water partition coefficient (Wildman–Crippen LogP) is 1.68. The highest BCUT2D eigenvalue weighted by Crippen LogP contribution is 2.40. The molecule has 1 atom stereocenters. The Morgan fingerprint density at radius 3 is 2.71 bits per heavy atom. The molecular formula is C17H12N2O4S. The first-order chi connectivity index (χ1) is 11.5. The van der Waals surface area contributed by atoms with Gasteiger partial charge in [0.2, 0.25) is 16.9 Å². The zero-order valence-electron chi connectivity index (χ0n) is 12.4. The maximum absolute atomic E-state index is 12.9. The van der Waals surface area contributed by atoms with E-state index in [9.17, 15) is 19.2 Å². The number of hydrogen-bond donors (Lipinski definition) is 2. The van der Waals surface area contributed by atoms with E-state index in [1.165, 1.54) is 11.0 Å². The van der Waals surface area contributed by atoms with Gasteiger partial charge in [-0.1, -0.05) is 12.1 Å². The number of nitrogens with zero attached hydrogens (tertiary/aromatic N) is 1. The number of hydrogen-bond acceptors (Lipinski definition) is 4. The van der Waals surface area contributed by atoms with E-state index in [0.29, 0.717) is 22.2 Å². The van der Waals surface area contributed by atoms with E-state index in [1.807, 2.05) is 6.07 Å². The van der Waals surface area contributed by atoms with Crippen LogP contribution < -0.4 is 10.2 Å². The fourth-order valence-electron chi connectivity index (χ4n) is 3.38. The number of nitrogens with one attached hydrogen (secondary N) is 1. The molecule has 2 aliphatic heterocycles. The normalized spacial score (nSPS) is 19.8. The Morgan fingerprint density at radius 2 is 2.00 bits per heavy atom. The molecule has 120 valence electrons. The van der Waals surface area contributed by atoms with E-state index in [1.54, 1.807) is 18.2 Å². The van der Waals surface area contributed by atoms with E-state index >= 15 is 0 Å². The summed E-state index contributed by atoms with van der Waals surface area (Å²) in [6.45, 7) is 0. The van der Waals surface area contributed by atoms with Crippen molar-refractivity contribution in [2.24, 2.45) is 0 Å². The van der Waals surface area contributed by atoms with Crippen LogP contribution in [0.25, 0.3) is 10.8 Å². The molecule has 1 N–H and O–H groups in total. The summed E-state index contributed by atoms with van der Waals surface area (Å²) in [5.41, 5.74) is 1.34. The highest BCUT2D eigenvalue weighted by Gasteiger charge is 2.40. The fourth-order valence-corrected chi connectivity index (χ4v) is 3.51. The third-order valence-electron chi connectivity index (χ3n) is 4.43. The van der Waals surface area contributed by atoms with Crippen LogP contribution in [0.1, 0.15) is 33.6 Å². The van der Waals surface area contributed by atoms with Crippen molar-refractivity contribution < 1.29 is 19.2 Å². The second-order valence-corrected chi connectivity index (χ2v) is 6.25. The minimum atomic E-state index is -0.733. The number of benzene rings is 2. The first-order valence-corrected chi connectivity index (χ1v) is 7.89. The second kappa shape index (κ2) is 5.17. The molecule has 7 heteroatoms. The van der Waals surface area contributed by atoms with Crippen molar-refractivity contribution in [3.8, 4) is 0 Å². The lowest BCUT2D eigenvalue weighted by atomic mass is 10.0. The van der Waals surface area contributed by atoms with E-state index in [4.69, 9.17) is 0 Å². The van der Waals surface area contributed by atoms with Crippen LogP contribution in [-0.4, -0.2) is 28.9 Å². The lowest BCUT2D eigenvalue weighted by Crippen LogP contribution is -2.53.